The molecule has 1 N–H and O–H groups in total. The predicted molar refractivity (Wildman–Crippen MR) is 177 cm³/mol. The zero-order chi connectivity index (χ0) is 31.1. The van der Waals surface area contributed by atoms with Gasteiger partial charge in [0, 0.05) is 41.9 Å². The first-order valence-electron chi connectivity index (χ1n) is 14.9. The van der Waals surface area contributed by atoms with Crippen LogP contribution in [0, 0.1) is 0 Å². The standard InChI is InChI=1S/C36H40N2O5S/c1-4-6-21-42-22-23-43-33-13-7-28(8-14-33)29-9-17-35(41-3)30(24-29)10-18-36(39)38-32-11-15-34(16-12-32)44(40)26-31-25-37-20-19-27(31)5-2/h7-20,24-25H,4-6,21-23,26H2,1-3H3,(H,38,39)/b18-10+/t44-/m1/s1. The molecule has 0 radical (unpaired) electrons. The monoisotopic (exact) mass is 612 g/mol. The lowest BCUT2D eigenvalue weighted by Gasteiger charge is -2.13. The molecule has 0 saturated heterocycles. The summed E-state index contributed by atoms with van der Waals surface area (Å²) >= 11 is -1.22. The summed E-state index contributed by atoms with van der Waals surface area (Å²) in [6.07, 6.45) is 9.78. The summed E-state index contributed by atoms with van der Waals surface area (Å²) in [6.45, 7) is 6.06. The third-order valence-corrected chi connectivity index (χ3v) is 8.40. The lowest BCUT2D eigenvalue weighted by Crippen LogP contribution is -2.09. The van der Waals surface area contributed by atoms with E-state index in [4.69, 9.17) is 14.2 Å². The third kappa shape index (κ3) is 9.71. The second-order valence-corrected chi connectivity index (χ2v) is 11.6. The van der Waals surface area contributed by atoms with Crippen molar-refractivity contribution < 1.29 is 23.6 Å². The highest BCUT2D eigenvalue weighted by molar-refractivity contribution is 7.90. The van der Waals surface area contributed by atoms with Gasteiger partial charge in [0.2, 0.25) is 5.91 Å². The number of unbranched alkanes of at least 4 members (excludes halogenated alkanes) is 1. The number of nitrogens with one attached hydrogen (secondary N) is 1. The minimum absolute atomic E-state index is 0.283. The van der Waals surface area contributed by atoms with E-state index in [0.29, 0.717) is 35.3 Å². The van der Waals surface area contributed by atoms with E-state index in [2.05, 4.69) is 24.1 Å². The van der Waals surface area contributed by atoms with Crippen LogP contribution in [0.2, 0.25) is 0 Å². The van der Waals surface area contributed by atoms with E-state index in [1.54, 1.807) is 49.8 Å². The summed E-state index contributed by atoms with van der Waals surface area (Å²) in [6, 6.07) is 22.8. The number of pyridine rings is 1. The number of hydrogen-bond donors (Lipinski definition) is 1. The molecular formula is C36H40N2O5S. The average molecular weight is 613 g/mol. The number of benzene rings is 3. The first kappa shape index (κ1) is 32.8. The molecule has 3 aromatic carbocycles. The van der Waals surface area contributed by atoms with Crippen LogP contribution in [0.5, 0.6) is 11.5 Å². The molecule has 1 atom stereocenters. The molecule has 7 nitrogen and oxygen atoms in total. The molecule has 0 unspecified atom stereocenters. The number of aryl methyl sites for hydroxylation is 1. The van der Waals surface area contributed by atoms with E-state index in [-0.39, 0.29) is 5.91 Å². The Morgan fingerprint density at radius 1 is 0.932 bits per heavy atom. The van der Waals surface area contributed by atoms with Gasteiger partial charge in [0.15, 0.2) is 4.90 Å². The van der Waals surface area contributed by atoms with Gasteiger partial charge in [0.1, 0.15) is 23.9 Å². The molecule has 8 heteroatoms. The summed E-state index contributed by atoms with van der Waals surface area (Å²) in [7, 11) is 1.60. The Kier molecular flexibility index (Phi) is 12.9. The maximum atomic E-state index is 12.9. The largest absolute Gasteiger partial charge is 0.611 e. The topological polar surface area (TPSA) is 92.7 Å². The molecule has 1 heterocycles. The summed E-state index contributed by atoms with van der Waals surface area (Å²) < 4.78 is 29.8. The van der Waals surface area contributed by atoms with Crippen molar-refractivity contribution in [1.29, 1.82) is 0 Å². The Morgan fingerprint density at radius 2 is 1.70 bits per heavy atom. The molecule has 230 valence electrons. The molecule has 4 aromatic rings. The van der Waals surface area contributed by atoms with Gasteiger partial charge in [-0.3, -0.25) is 9.78 Å². The number of hydrogen-bond acceptors (Lipinski definition) is 6. The molecule has 0 spiro atoms. The zero-order valence-electron chi connectivity index (χ0n) is 25.6. The van der Waals surface area contributed by atoms with Crippen molar-refractivity contribution >= 4 is 28.8 Å². The Hall–Kier alpha value is -4.11. The van der Waals surface area contributed by atoms with Crippen LogP contribution < -0.4 is 14.8 Å². The van der Waals surface area contributed by atoms with Crippen LogP contribution in [0.4, 0.5) is 5.69 Å². The minimum Gasteiger partial charge on any atom is -0.611 e. The number of carbonyl (C=O) groups is 1. The Labute approximate surface area is 263 Å². The van der Waals surface area contributed by atoms with Crippen LogP contribution in [0.1, 0.15) is 43.4 Å². The molecule has 0 saturated carbocycles. The number of amides is 1. The van der Waals surface area contributed by atoms with Crippen molar-refractivity contribution in [3.05, 3.63) is 108 Å². The van der Waals surface area contributed by atoms with Crippen molar-refractivity contribution in [2.45, 2.75) is 43.8 Å². The fourth-order valence-electron chi connectivity index (χ4n) is 4.55. The lowest BCUT2D eigenvalue weighted by molar-refractivity contribution is -0.111. The molecule has 1 amide bonds. The Bertz CT molecular complexity index is 1510. The lowest BCUT2D eigenvalue weighted by atomic mass is 10.0. The Balaban J connectivity index is 1.34. The van der Waals surface area contributed by atoms with E-state index in [1.165, 1.54) is 6.08 Å². The van der Waals surface area contributed by atoms with Crippen molar-refractivity contribution in [3.63, 3.8) is 0 Å². The van der Waals surface area contributed by atoms with Gasteiger partial charge in [-0.15, -0.1) is 0 Å². The second kappa shape index (κ2) is 17.3. The number of methoxy groups -OCH3 is 1. The van der Waals surface area contributed by atoms with Crippen LogP contribution in [-0.2, 0) is 32.9 Å². The highest BCUT2D eigenvalue weighted by atomic mass is 32.2. The third-order valence-electron chi connectivity index (χ3n) is 7.03. The van der Waals surface area contributed by atoms with Crippen LogP contribution in [-0.4, -0.2) is 42.4 Å². The van der Waals surface area contributed by atoms with E-state index in [1.807, 2.05) is 48.5 Å². The normalized spacial score (nSPS) is 11.8. The summed E-state index contributed by atoms with van der Waals surface area (Å²) in [4.78, 5) is 17.6. The number of rotatable bonds is 16. The molecule has 0 aliphatic carbocycles. The van der Waals surface area contributed by atoms with Crippen LogP contribution in [0.3, 0.4) is 0 Å². The van der Waals surface area contributed by atoms with Gasteiger partial charge in [0.05, 0.1) is 13.7 Å². The predicted octanol–water partition coefficient (Wildman–Crippen LogP) is 7.47. The first-order chi connectivity index (χ1) is 21.5. The molecule has 0 bridgehead atoms. The quantitative estimate of drug-likeness (QED) is 0.0802. The fraction of sp³-hybridized carbons (Fsp3) is 0.278. The molecule has 44 heavy (non-hydrogen) atoms. The molecule has 0 aliphatic heterocycles. The van der Waals surface area contributed by atoms with E-state index >= 15 is 0 Å². The second-order valence-electron chi connectivity index (χ2n) is 10.1. The smallest absolute Gasteiger partial charge is 0.248 e. The highest BCUT2D eigenvalue weighted by Gasteiger charge is 2.15. The molecule has 0 aliphatic rings. The van der Waals surface area contributed by atoms with Gasteiger partial charge in [-0.25, -0.2) is 0 Å². The van der Waals surface area contributed by atoms with Crippen LogP contribution in [0.25, 0.3) is 17.2 Å². The van der Waals surface area contributed by atoms with Gasteiger partial charge in [-0.05, 0) is 101 Å². The maximum Gasteiger partial charge on any atom is 0.248 e. The van der Waals surface area contributed by atoms with Gasteiger partial charge in [-0.2, -0.15) is 0 Å². The van der Waals surface area contributed by atoms with E-state index in [0.717, 1.165) is 59.4 Å². The van der Waals surface area contributed by atoms with Crippen molar-refractivity contribution in [3.8, 4) is 22.6 Å². The first-order valence-corrected chi connectivity index (χ1v) is 16.2. The number of carbonyl (C=O) groups excluding carboxylic acids is 1. The van der Waals surface area contributed by atoms with E-state index < -0.39 is 11.2 Å². The minimum atomic E-state index is -1.22. The summed E-state index contributed by atoms with van der Waals surface area (Å²) in [5, 5.41) is 2.87. The van der Waals surface area contributed by atoms with Gasteiger partial charge < -0.3 is 24.1 Å². The molecular weight excluding hydrogens is 572 g/mol. The molecule has 4 rings (SSSR count). The number of nitrogens with zero attached hydrogens (tertiary/aromatic N) is 1. The fourth-order valence-corrected chi connectivity index (χ4v) is 5.70. The SMILES string of the molecule is CCCCOCCOc1ccc(-c2ccc(OC)c(/C=C/C(=O)Nc3ccc([S@+]([O-])Cc4cnccc4CC)cc3)c2)cc1. The summed E-state index contributed by atoms with van der Waals surface area (Å²) in [5.41, 5.74) is 5.53. The highest BCUT2D eigenvalue weighted by Crippen LogP contribution is 2.29. The van der Waals surface area contributed by atoms with E-state index in [9.17, 15) is 9.35 Å². The van der Waals surface area contributed by atoms with Crippen molar-refractivity contribution in [2.24, 2.45) is 0 Å². The zero-order valence-corrected chi connectivity index (χ0v) is 26.4. The number of ether oxygens (including phenoxy) is 3. The van der Waals surface area contributed by atoms with Gasteiger partial charge in [-0.1, -0.05) is 38.5 Å². The number of aromatic nitrogens is 1. The molecule has 1 aromatic heterocycles. The van der Waals surface area contributed by atoms with Crippen LogP contribution >= 0.6 is 0 Å². The van der Waals surface area contributed by atoms with Gasteiger partial charge >= 0.3 is 0 Å². The average Bonchev–Trinajstić information content (AvgIpc) is 3.06. The summed E-state index contributed by atoms with van der Waals surface area (Å²) in [5.74, 6) is 1.57. The van der Waals surface area contributed by atoms with Crippen LogP contribution in [0.15, 0.2) is 96.2 Å². The van der Waals surface area contributed by atoms with Crippen molar-refractivity contribution in [1.82, 2.24) is 4.98 Å². The van der Waals surface area contributed by atoms with Gasteiger partial charge in [0.25, 0.3) is 0 Å². The molecule has 0 fully saturated rings. The maximum absolute atomic E-state index is 12.9. The number of anilines is 1. The Morgan fingerprint density at radius 3 is 2.43 bits per heavy atom. The van der Waals surface area contributed by atoms with Crippen molar-refractivity contribution in [2.75, 3.05) is 32.2 Å².